The molecule has 1 saturated heterocycles. The van der Waals surface area contributed by atoms with Gasteiger partial charge >= 0.3 is 5.97 Å². The van der Waals surface area contributed by atoms with Crippen molar-refractivity contribution in [2.45, 2.75) is 56.3 Å². The normalized spacial score (nSPS) is 34.0. The van der Waals surface area contributed by atoms with Crippen molar-refractivity contribution in [2.24, 2.45) is 0 Å². The van der Waals surface area contributed by atoms with E-state index >= 15 is 0 Å². The second-order valence-electron chi connectivity index (χ2n) is 6.44. The fraction of sp³-hybridized carbons (Fsp3) is 0.588. The number of hydrogen-bond donors (Lipinski definition) is 1. The lowest BCUT2D eigenvalue weighted by atomic mass is 9.75. The number of ether oxygens (including phenoxy) is 2. The number of esters is 1. The van der Waals surface area contributed by atoms with E-state index in [4.69, 9.17) is 32.7 Å². The Labute approximate surface area is 145 Å². The summed E-state index contributed by atoms with van der Waals surface area (Å²) in [5.74, 6) is -1.22. The average Bonchev–Trinajstić information content (AvgIpc) is 2.77. The molecule has 1 aliphatic carbocycles. The largest absolute Gasteiger partial charge is 0.456 e. The maximum absolute atomic E-state index is 12.5. The number of aliphatic hydroxyl groups is 1. The van der Waals surface area contributed by atoms with Crippen molar-refractivity contribution in [2.75, 3.05) is 7.11 Å². The van der Waals surface area contributed by atoms with E-state index in [1.165, 1.54) is 0 Å². The molecule has 1 aliphatic heterocycles. The van der Waals surface area contributed by atoms with E-state index in [0.717, 1.165) is 18.4 Å². The Bertz CT molecular complexity index is 623. The van der Waals surface area contributed by atoms with Crippen LogP contribution in [0.3, 0.4) is 0 Å². The second kappa shape index (κ2) is 6.25. The number of carbonyl (C=O) groups is 1. The number of aliphatic hydroxyl groups excluding tert-OH is 1. The summed E-state index contributed by atoms with van der Waals surface area (Å²) in [6.45, 7) is 1.85. The monoisotopic (exact) mass is 358 g/mol. The van der Waals surface area contributed by atoms with Gasteiger partial charge in [0.05, 0.1) is 16.1 Å². The maximum Gasteiger partial charge on any atom is 0.316 e. The van der Waals surface area contributed by atoms with Crippen molar-refractivity contribution in [3.63, 3.8) is 0 Å². The van der Waals surface area contributed by atoms with Gasteiger partial charge < -0.3 is 14.6 Å². The van der Waals surface area contributed by atoms with E-state index < -0.39 is 23.6 Å². The van der Waals surface area contributed by atoms with Crippen LogP contribution in [0.25, 0.3) is 0 Å². The van der Waals surface area contributed by atoms with Crippen LogP contribution in [0.5, 0.6) is 0 Å². The lowest BCUT2D eigenvalue weighted by Crippen LogP contribution is -2.45. The van der Waals surface area contributed by atoms with Crippen LogP contribution in [-0.2, 0) is 14.3 Å². The summed E-state index contributed by atoms with van der Waals surface area (Å²) in [5.41, 5.74) is 0.555. The number of carbonyl (C=O) groups excluding carboxylic acids is 1. The van der Waals surface area contributed by atoms with Crippen LogP contribution in [0, 0.1) is 6.92 Å². The SMILES string of the molecule is COC1CCC2(CC1)OC(=O)C(c1c(C)ccc(Cl)c1Cl)C2O. The number of hydrogen-bond acceptors (Lipinski definition) is 4. The molecule has 4 nitrogen and oxygen atoms in total. The quantitative estimate of drug-likeness (QED) is 0.820. The number of methoxy groups -OCH3 is 1. The molecular weight excluding hydrogens is 339 g/mol. The van der Waals surface area contributed by atoms with Crippen LogP contribution in [0.1, 0.15) is 42.7 Å². The van der Waals surface area contributed by atoms with Crippen molar-refractivity contribution in [1.29, 1.82) is 0 Å². The van der Waals surface area contributed by atoms with Crippen molar-refractivity contribution in [3.8, 4) is 0 Å². The zero-order valence-electron chi connectivity index (χ0n) is 13.1. The lowest BCUT2D eigenvalue weighted by Gasteiger charge is -2.37. The van der Waals surface area contributed by atoms with Gasteiger partial charge in [-0.1, -0.05) is 29.3 Å². The van der Waals surface area contributed by atoms with Gasteiger partial charge in [-0.2, -0.15) is 0 Å². The molecule has 1 saturated carbocycles. The first-order valence-corrected chi connectivity index (χ1v) is 8.53. The van der Waals surface area contributed by atoms with Gasteiger partial charge in [0.15, 0.2) is 0 Å². The van der Waals surface area contributed by atoms with E-state index in [-0.39, 0.29) is 6.10 Å². The zero-order valence-corrected chi connectivity index (χ0v) is 14.7. The average molecular weight is 359 g/mol. The summed E-state index contributed by atoms with van der Waals surface area (Å²) < 4.78 is 11.0. The van der Waals surface area contributed by atoms with Crippen LogP contribution in [0.4, 0.5) is 0 Å². The van der Waals surface area contributed by atoms with Crippen LogP contribution in [0.2, 0.25) is 10.0 Å². The van der Waals surface area contributed by atoms with E-state index in [1.54, 1.807) is 19.2 Å². The Morgan fingerprint density at radius 1 is 1.30 bits per heavy atom. The van der Waals surface area contributed by atoms with Gasteiger partial charge in [0, 0.05) is 7.11 Å². The van der Waals surface area contributed by atoms with E-state index in [0.29, 0.717) is 28.5 Å². The standard InChI is InChI=1S/C17H20Cl2O4/c1-9-3-4-11(18)14(19)12(9)13-15(20)17(23-16(13)21)7-5-10(22-2)6-8-17/h3-4,10,13,15,20H,5-8H2,1-2H3. The molecule has 1 spiro atoms. The molecule has 2 unspecified atom stereocenters. The van der Waals surface area contributed by atoms with Crippen molar-refractivity contribution >= 4 is 29.2 Å². The first-order chi connectivity index (χ1) is 10.9. The summed E-state index contributed by atoms with van der Waals surface area (Å²) in [6.07, 6.45) is 1.92. The molecule has 1 N–H and O–H groups in total. The fourth-order valence-electron chi connectivity index (χ4n) is 3.79. The fourth-order valence-corrected chi connectivity index (χ4v) is 4.29. The molecule has 3 rings (SSSR count). The highest BCUT2D eigenvalue weighted by Gasteiger charge is 2.57. The molecule has 23 heavy (non-hydrogen) atoms. The Morgan fingerprint density at radius 3 is 2.57 bits per heavy atom. The molecule has 2 aliphatic rings. The van der Waals surface area contributed by atoms with Gasteiger partial charge in [-0.3, -0.25) is 4.79 Å². The molecule has 0 bridgehead atoms. The van der Waals surface area contributed by atoms with Gasteiger partial charge in [0.2, 0.25) is 0 Å². The van der Waals surface area contributed by atoms with Crippen LogP contribution < -0.4 is 0 Å². The molecule has 2 atom stereocenters. The Kier molecular flexibility index (Phi) is 4.62. The summed E-state index contributed by atoms with van der Waals surface area (Å²) >= 11 is 12.4. The molecule has 126 valence electrons. The van der Waals surface area contributed by atoms with E-state index in [2.05, 4.69) is 0 Å². The Morgan fingerprint density at radius 2 is 1.96 bits per heavy atom. The number of aryl methyl sites for hydroxylation is 1. The smallest absolute Gasteiger partial charge is 0.316 e. The second-order valence-corrected chi connectivity index (χ2v) is 7.22. The third kappa shape index (κ3) is 2.76. The lowest BCUT2D eigenvalue weighted by molar-refractivity contribution is -0.158. The van der Waals surface area contributed by atoms with Crippen molar-refractivity contribution in [1.82, 2.24) is 0 Å². The van der Waals surface area contributed by atoms with Crippen LogP contribution >= 0.6 is 23.2 Å². The van der Waals surface area contributed by atoms with Gasteiger partial charge in [-0.25, -0.2) is 0 Å². The van der Waals surface area contributed by atoms with Gasteiger partial charge in [0.25, 0.3) is 0 Å². The predicted octanol–water partition coefficient (Wildman–Crippen LogP) is 3.63. The number of halogens is 2. The van der Waals surface area contributed by atoms with Crippen molar-refractivity contribution in [3.05, 3.63) is 33.3 Å². The first-order valence-electron chi connectivity index (χ1n) is 7.78. The first kappa shape index (κ1) is 17.0. The molecule has 1 aromatic carbocycles. The van der Waals surface area contributed by atoms with Gasteiger partial charge in [0.1, 0.15) is 17.6 Å². The minimum Gasteiger partial charge on any atom is -0.456 e. The zero-order chi connectivity index (χ0) is 16.8. The summed E-state index contributed by atoms with van der Waals surface area (Å²) in [4.78, 5) is 12.5. The highest BCUT2D eigenvalue weighted by Crippen LogP contribution is 2.49. The van der Waals surface area contributed by atoms with Crippen LogP contribution in [-0.4, -0.2) is 36.0 Å². The molecule has 0 amide bonds. The predicted molar refractivity (Wildman–Crippen MR) is 88.0 cm³/mol. The summed E-state index contributed by atoms with van der Waals surface area (Å²) in [5, 5.41) is 11.6. The third-order valence-corrected chi connectivity index (χ3v) is 6.01. The van der Waals surface area contributed by atoms with Gasteiger partial charge in [-0.15, -0.1) is 0 Å². The molecule has 0 radical (unpaired) electrons. The molecule has 6 heteroatoms. The highest BCUT2D eigenvalue weighted by molar-refractivity contribution is 6.42. The maximum atomic E-state index is 12.5. The number of rotatable bonds is 2. The minimum absolute atomic E-state index is 0.155. The topological polar surface area (TPSA) is 55.8 Å². The molecular formula is C17H20Cl2O4. The summed E-state index contributed by atoms with van der Waals surface area (Å²) in [6, 6.07) is 3.49. The molecule has 1 heterocycles. The molecule has 2 fully saturated rings. The van der Waals surface area contributed by atoms with E-state index in [1.807, 2.05) is 6.92 Å². The van der Waals surface area contributed by atoms with Crippen molar-refractivity contribution < 1.29 is 19.4 Å². The minimum atomic E-state index is -0.928. The number of benzene rings is 1. The summed E-state index contributed by atoms with van der Waals surface area (Å²) in [7, 11) is 1.68. The van der Waals surface area contributed by atoms with Gasteiger partial charge in [-0.05, 0) is 49.8 Å². The molecule has 1 aromatic rings. The Balaban J connectivity index is 1.94. The third-order valence-electron chi connectivity index (χ3n) is 5.19. The van der Waals surface area contributed by atoms with Crippen LogP contribution in [0.15, 0.2) is 12.1 Å². The van der Waals surface area contributed by atoms with E-state index in [9.17, 15) is 9.90 Å². The molecule has 0 aromatic heterocycles. The highest BCUT2D eigenvalue weighted by atomic mass is 35.5. The Hall–Kier alpha value is -0.810.